The molecule has 0 aromatic heterocycles. The molecule has 1 atom stereocenters. The van der Waals surface area contributed by atoms with E-state index in [1.165, 1.54) is 29.2 Å². The zero-order chi connectivity index (χ0) is 17.3. The first-order chi connectivity index (χ1) is 11.5. The summed E-state index contributed by atoms with van der Waals surface area (Å²) >= 11 is 0. The summed E-state index contributed by atoms with van der Waals surface area (Å²) in [4.78, 5) is 15.9. The van der Waals surface area contributed by atoms with Crippen LogP contribution >= 0.6 is 0 Å². The molecule has 1 amide bonds. The standard InChI is InChI=1S/C18H17F3N2O/c1-12-18(24)23(16-4-2-3-14(19)9-16)8-7-22(12)11-13-5-6-15(20)10-17(13)21/h2-6,9-10,12H,7-8,11H2,1H3/t12-/m0/s1. The number of nitrogens with zero attached hydrogens (tertiary/aromatic N) is 2. The van der Waals surface area contributed by atoms with Gasteiger partial charge in [-0.25, -0.2) is 13.2 Å². The maximum Gasteiger partial charge on any atom is 0.244 e. The molecule has 0 saturated carbocycles. The van der Waals surface area contributed by atoms with Crippen LogP contribution in [-0.2, 0) is 11.3 Å². The van der Waals surface area contributed by atoms with E-state index in [-0.39, 0.29) is 12.5 Å². The third kappa shape index (κ3) is 3.28. The van der Waals surface area contributed by atoms with Gasteiger partial charge in [-0.1, -0.05) is 12.1 Å². The Morgan fingerprint density at radius 1 is 1.04 bits per heavy atom. The predicted octanol–water partition coefficient (Wildman–Crippen LogP) is 3.34. The SMILES string of the molecule is C[C@H]1C(=O)N(c2cccc(F)c2)CCN1Cc1ccc(F)cc1F. The molecule has 2 aromatic rings. The first kappa shape index (κ1) is 16.5. The molecule has 6 heteroatoms. The van der Waals surface area contributed by atoms with Crippen molar-refractivity contribution >= 4 is 11.6 Å². The lowest BCUT2D eigenvalue weighted by molar-refractivity contribution is -0.125. The van der Waals surface area contributed by atoms with Crippen LogP contribution in [0, 0.1) is 17.5 Å². The molecule has 1 fully saturated rings. The highest BCUT2D eigenvalue weighted by Crippen LogP contribution is 2.23. The van der Waals surface area contributed by atoms with Gasteiger partial charge >= 0.3 is 0 Å². The maximum absolute atomic E-state index is 13.8. The minimum Gasteiger partial charge on any atom is -0.310 e. The van der Waals surface area contributed by atoms with E-state index in [9.17, 15) is 18.0 Å². The van der Waals surface area contributed by atoms with Crippen LogP contribution in [0.4, 0.5) is 18.9 Å². The van der Waals surface area contributed by atoms with Gasteiger partial charge in [0.25, 0.3) is 0 Å². The molecule has 0 spiro atoms. The summed E-state index contributed by atoms with van der Waals surface area (Å²) in [5.74, 6) is -1.82. The molecule has 3 nitrogen and oxygen atoms in total. The maximum atomic E-state index is 13.8. The number of benzene rings is 2. The minimum absolute atomic E-state index is 0.172. The van der Waals surface area contributed by atoms with Crippen molar-refractivity contribution in [1.82, 2.24) is 4.90 Å². The van der Waals surface area contributed by atoms with Gasteiger partial charge in [-0.3, -0.25) is 9.69 Å². The van der Waals surface area contributed by atoms with Crippen molar-refractivity contribution in [3.63, 3.8) is 0 Å². The highest BCUT2D eigenvalue weighted by molar-refractivity contribution is 5.97. The van der Waals surface area contributed by atoms with Crippen LogP contribution in [0.3, 0.4) is 0 Å². The summed E-state index contributed by atoms with van der Waals surface area (Å²) in [5.41, 5.74) is 0.856. The van der Waals surface area contributed by atoms with Gasteiger partial charge in [0.15, 0.2) is 0 Å². The van der Waals surface area contributed by atoms with Crippen LogP contribution < -0.4 is 4.90 Å². The molecule has 24 heavy (non-hydrogen) atoms. The number of piperazine rings is 1. The van der Waals surface area contributed by atoms with Crippen LogP contribution in [0.5, 0.6) is 0 Å². The first-order valence-corrected chi connectivity index (χ1v) is 7.70. The van der Waals surface area contributed by atoms with E-state index in [1.54, 1.807) is 19.1 Å². The van der Waals surface area contributed by atoms with Gasteiger partial charge < -0.3 is 4.90 Å². The molecule has 1 saturated heterocycles. The monoisotopic (exact) mass is 334 g/mol. The van der Waals surface area contributed by atoms with Gasteiger partial charge in [0.2, 0.25) is 5.91 Å². The highest BCUT2D eigenvalue weighted by Gasteiger charge is 2.32. The average Bonchev–Trinajstić information content (AvgIpc) is 2.54. The van der Waals surface area contributed by atoms with Crippen molar-refractivity contribution in [1.29, 1.82) is 0 Å². The van der Waals surface area contributed by atoms with Gasteiger partial charge in [-0.2, -0.15) is 0 Å². The highest BCUT2D eigenvalue weighted by atomic mass is 19.1. The molecule has 0 bridgehead atoms. The van der Waals surface area contributed by atoms with Crippen molar-refractivity contribution in [2.24, 2.45) is 0 Å². The first-order valence-electron chi connectivity index (χ1n) is 7.70. The number of halogens is 3. The van der Waals surface area contributed by atoms with E-state index in [4.69, 9.17) is 0 Å². The summed E-state index contributed by atoms with van der Waals surface area (Å²) < 4.78 is 40.2. The molecule has 3 rings (SSSR count). The number of carbonyl (C=O) groups is 1. The van der Waals surface area contributed by atoms with Gasteiger partial charge in [0.05, 0.1) is 6.04 Å². The quantitative estimate of drug-likeness (QED) is 0.859. The lowest BCUT2D eigenvalue weighted by atomic mass is 10.1. The van der Waals surface area contributed by atoms with Crippen molar-refractivity contribution < 1.29 is 18.0 Å². The summed E-state index contributed by atoms with van der Waals surface area (Å²) in [6, 6.07) is 8.84. The third-order valence-electron chi connectivity index (χ3n) is 4.29. The number of amides is 1. The molecule has 1 heterocycles. The zero-order valence-corrected chi connectivity index (χ0v) is 13.2. The smallest absolute Gasteiger partial charge is 0.244 e. The fraction of sp³-hybridized carbons (Fsp3) is 0.278. The molecule has 0 unspecified atom stereocenters. The Kier molecular flexibility index (Phi) is 4.57. The minimum atomic E-state index is -0.628. The summed E-state index contributed by atoms with van der Waals surface area (Å²) in [7, 11) is 0. The Morgan fingerprint density at radius 3 is 2.50 bits per heavy atom. The molecule has 2 aromatic carbocycles. The average molecular weight is 334 g/mol. The summed E-state index contributed by atoms with van der Waals surface area (Å²) in [5, 5.41) is 0. The van der Waals surface area contributed by atoms with E-state index in [0.717, 1.165) is 6.07 Å². The van der Waals surface area contributed by atoms with E-state index in [2.05, 4.69) is 0 Å². The second-order valence-electron chi connectivity index (χ2n) is 5.85. The van der Waals surface area contributed by atoms with Crippen molar-refractivity contribution in [2.45, 2.75) is 19.5 Å². The molecule has 0 radical (unpaired) electrons. The Labute approximate surface area is 138 Å². The lowest BCUT2D eigenvalue weighted by Gasteiger charge is -2.39. The van der Waals surface area contributed by atoms with E-state index in [0.29, 0.717) is 24.3 Å². The fourth-order valence-electron chi connectivity index (χ4n) is 2.90. The van der Waals surface area contributed by atoms with Crippen LogP contribution in [0.15, 0.2) is 42.5 Å². The Bertz CT molecular complexity index is 766. The topological polar surface area (TPSA) is 23.6 Å². The predicted molar refractivity (Wildman–Crippen MR) is 85.0 cm³/mol. The molecule has 126 valence electrons. The summed E-state index contributed by atoms with van der Waals surface area (Å²) in [6.45, 7) is 2.85. The second kappa shape index (κ2) is 6.65. The Morgan fingerprint density at radius 2 is 1.79 bits per heavy atom. The normalized spacial score (nSPS) is 18.9. The van der Waals surface area contributed by atoms with Crippen LogP contribution in [0.25, 0.3) is 0 Å². The molecule has 0 aliphatic carbocycles. The van der Waals surface area contributed by atoms with Crippen molar-refractivity contribution in [2.75, 3.05) is 18.0 Å². The number of hydrogen-bond acceptors (Lipinski definition) is 2. The van der Waals surface area contributed by atoms with Gasteiger partial charge in [-0.05, 0) is 31.2 Å². The zero-order valence-electron chi connectivity index (χ0n) is 13.2. The molecular weight excluding hydrogens is 317 g/mol. The Balaban J connectivity index is 1.75. The van der Waals surface area contributed by atoms with Crippen LogP contribution in [-0.4, -0.2) is 29.9 Å². The van der Waals surface area contributed by atoms with Gasteiger partial charge in [0.1, 0.15) is 17.5 Å². The molecule has 1 aliphatic rings. The van der Waals surface area contributed by atoms with Crippen LogP contribution in [0.1, 0.15) is 12.5 Å². The number of anilines is 1. The largest absolute Gasteiger partial charge is 0.310 e. The molecule has 1 aliphatic heterocycles. The third-order valence-corrected chi connectivity index (χ3v) is 4.29. The Hall–Kier alpha value is -2.34. The number of rotatable bonds is 3. The fourth-order valence-corrected chi connectivity index (χ4v) is 2.90. The van der Waals surface area contributed by atoms with Crippen molar-refractivity contribution in [3.05, 3.63) is 65.5 Å². The molecular formula is C18H17F3N2O. The lowest BCUT2D eigenvalue weighted by Crippen LogP contribution is -2.55. The number of hydrogen-bond donors (Lipinski definition) is 0. The molecule has 0 N–H and O–H groups in total. The van der Waals surface area contributed by atoms with Gasteiger partial charge in [0, 0.05) is 37.0 Å². The van der Waals surface area contributed by atoms with Crippen molar-refractivity contribution in [3.8, 4) is 0 Å². The number of carbonyl (C=O) groups excluding carboxylic acids is 1. The van der Waals surface area contributed by atoms with E-state index < -0.39 is 23.5 Å². The van der Waals surface area contributed by atoms with E-state index >= 15 is 0 Å². The second-order valence-corrected chi connectivity index (χ2v) is 5.85. The van der Waals surface area contributed by atoms with Crippen LogP contribution in [0.2, 0.25) is 0 Å². The van der Waals surface area contributed by atoms with Gasteiger partial charge in [-0.15, -0.1) is 0 Å². The van der Waals surface area contributed by atoms with E-state index in [1.807, 2.05) is 4.90 Å². The summed E-state index contributed by atoms with van der Waals surface area (Å²) in [6.07, 6.45) is 0.